The van der Waals surface area contributed by atoms with Crippen LogP contribution in [-0.2, 0) is 6.54 Å². The summed E-state index contributed by atoms with van der Waals surface area (Å²) >= 11 is 1.72. The molecule has 0 amide bonds. The Balaban J connectivity index is 1.85. The number of nitrogens with zero attached hydrogens (tertiary/aromatic N) is 3. The number of hydrogen-bond donors (Lipinski definition) is 1. The van der Waals surface area contributed by atoms with Crippen molar-refractivity contribution >= 4 is 11.3 Å². The number of unbranched alkanes of at least 4 members (excludes halogenated alkanes) is 1. The lowest BCUT2D eigenvalue weighted by Gasteiger charge is -2.15. The van der Waals surface area contributed by atoms with Gasteiger partial charge in [-0.05, 0) is 50.0 Å². The van der Waals surface area contributed by atoms with Gasteiger partial charge in [0.15, 0.2) is 0 Å². The quantitative estimate of drug-likeness (QED) is 0.634. The number of para-hydroxylation sites is 1. The van der Waals surface area contributed by atoms with Gasteiger partial charge in [-0.1, -0.05) is 24.3 Å². The van der Waals surface area contributed by atoms with E-state index in [0.29, 0.717) is 0 Å². The van der Waals surface area contributed by atoms with Gasteiger partial charge >= 0.3 is 0 Å². The van der Waals surface area contributed by atoms with Crippen molar-refractivity contribution in [2.75, 3.05) is 20.2 Å². The smallest absolute Gasteiger partial charge is 0.107 e. The van der Waals surface area contributed by atoms with Gasteiger partial charge in [-0.15, -0.1) is 11.3 Å². The summed E-state index contributed by atoms with van der Waals surface area (Å²) in [7, 11) is 2.12. The van der Waals surface area contributed by atoms with Crippen LogP contribution in [0.25, 0.3) is 16.3 Å². The van der Waals surface area contributed by atoms with Crippen molar-refractivity contribution in [3.05, 3.63) is 59.6 Å². The van der Waals surface area contributed by atoms with E-state index in [4.69, 9.17) is 10.2 Å². The van der Waals surface area contributed by atoms with Crippen molar-refractivity contribution in [3.63, 3.8) is 0 Å². The molecule has 0 saturated carbocycles. The predicted molar refractivity (Wildman–Crippen MR) is 99.5 cm³/mol. The van der Waals surface area contributed by atoms with E-state index < -0.39 is 0 Å². The highest BCUT2D eigenvalue weighted by Gasteiger charge is 2.14. The molecule has 0 aliphatic carbocycles. The van der Waals surface area contributed by atoms with E-state index in [-0.39, 0.29) is 6.61 Å². The number of hydrogen-bond acceptors (Lipinski definition) is 4. The maximum absolute atomic E-state index is 8.94. The fourth-order valence-electron chi connectivity index (χ4n) is 2.72. The van der Waals surface area contributed by atoms with Gasteiger partial charge in [0, 0.05) is 24.9 Å². The number of benzene rings is 1. The second kappa shape index (κ2) is 8.24. The number of rotatable bonds is 8. The lowest BCUT2D eigenvalue weighted by Crippen LogP contribution is -2.19. The van der Waals surface area contributed by atoms with Crippen molar-refractivity contribution in [2.45, 2.75) is 19.4 Å². The molecule has 0 radical (unpaired) electrons. The molecule has 0 bridgehead atoms. The molecule has 3 rings (SSSR count). The molecule has 126 valence electrons. The normalized spacial score (nSPS) is 11.3. The molecule has 4 nitrogen and oxygen atoms in total. The topological polar surface area (TPSA) is 41.3 Å². The largest absolute Gasteiger partial charge is 0.396 e. The molecule has 2 aromatic heterocycles. The molecule has 0 unspecified atom stereocenters. The van der Waals surface area contributed by atoms with Crippen molar-refractivity contribution < 1.29 is 5.11 Å². The van der Waals surface area contributed by atoms with Crippen LogP contribution in [0.3, 0.4) is 0 Å². The molecule has 24 heavy (non-hydrogen) atoms. The monoisotopic (exact) mass is 341 g/mol. The Hall–Kier alpha value is -1.95. The van der Waals surface area contributed by atoms with Crippen LogP contribution in [0.15, 0.2) is 54.0 Å². The molecule has 0 aliphatic heterocycles. The zero-order valence-electron chi connectivity index (χ0n) is 13.9. The minimum atomic E-state index is 0.264. The summed E-state index contributed by atoms with van der Waals surface area (Å²) in [4.78, 5) is 3.49. The maximum Gasteiger partial charge on any atom is 0.107 e. The molecule has 0 aliphatic rings. The van der Waals surface area contributed by atoms with Gasteiger partial charge in [0.05, 0.1) is 10.6 Å². The fourth-order valence-corrected chi connectivity index (χ4v) is 3.47. The van der Waals surface area contributed by atoms with Crippen LogP contribution in [-0.4, -0.2) is 40.0 Å². The Morgan fingerprint density at radius 2 is 1.96 bits per heavy atom. The lowest BCUT2D eigenvalue weighted by molar-refractivity contribution is 0.261. The highest BCUT2D eigenvalue weighted by Crippen LogP contribution is 2.28. The highest BCUT2D eigenvalue weighted by molar-refractivity contribution is 7.13. The summed E-state index contributed by atoms with van der Waals surface area (Å²) in [6, 6.07) is 14.4. The van der Waals surface area contributed by atoms with E-state index in [1.54, 1.807) is 11.3 Å². The van der Waals surface area contributed by atoms with Gasteiger partial charge in [-0.25, -0.2) is 4.68 Å². The number of thiophene rings is 1. The van der Waals surface area contributed by atoms with E-state index >= 15 is 0 Å². The van der Waals surface area contributed by atoms with Gasteiger partial charge in [-0.2, -0.15) is 5.10 Å². The fraction of sp³-hybridized carbons (Fsp3) is 0.316. The van der Waals surface area contributed by atoms with E-state index in [2.05, 4.69) is 47.8 Å². The molecule has 0 fully saturated rings. The van der Waals surface area contributed by atoms with Crippen LogP contribution in [0, 0.1) is 0 Å². The maximum atomic E-state index is 8.94. The van der Waals surface area contributed by atoms with Crippen LogP contribution in [0.1, 0.15) is 18.4 Å². The Morgan fingerprint density at radius 1 is 1.12 bits per heavy atom. The molecule has 1 N–H and O–H groups in total. The minimum Gasteiger partial charge on any atom is -0.396 e. The summed E-state index contributed by atoms with van der Waals surface area (Å²) in [5.74, 6) is 0. The molecular weight excluding hydrogens is 318 g/mol. The SMILES string of the molecule is CN(CCCCO)Cc1cn(-c2ccccc2)nc1-c1cccs1. The van der Waals surface area contributed by atoms with Crippen LogP contribution < -0.4 is 0 Å². The van der Waals surface area contributed by atoms with Gasteiger partial charge in [-0.3, -0.25) is 0 Å². The van der Waals surface area contributed by atoms with Gasteiger partial charge in [0.1, 0.15) is 5.69 Å². The van der Waals surface area contributed by atoms with Crippen LogP contribution in [0.2, 0.25) is 0 Å². The Bertz CT molecular complexity index is 737. The first kappa shape index (κ1) is 16.9. The van der Waals surface area contributed by atoms with Crippen molar-refractivity contribution in [1.29, 1.82) is 0 Å². The lowest BCUT2D eigenvalue weighted by atomic mass is 10.2. The molecule has 1 aromatic carbocycles. The third-order valence-electron chi connectivity index (χ3n) is 3.95. The predicted octanol–water partition coefficient (Wildman–Crippen LogP) is 3.81. The number of aliphatic hydroxyl groups is 1. The molecule has 0 saturated heterocycles. The second-order valence-electron chi connectivity index (χ2n) is 5.93. The Kier molecular flexibility index (Phi) is 5.80. The first-order valence-electron chi connectivity index (χ1n) is 8.25. The first-order valence-corrected chi connectivity index (χ1v) is 9.13. The molecular formula is C19H23N3OS. The summed E-state index contributed by atoms with van der Waals surface area (Å²) in [5, 5.41) is 15.9. The number of aliphatic hydroxyl groups excluding tert-OH is 1. The first-order chi connectivity index (χ1) is 11.8. The molecule has 0 atom stereocenters. The van der Waals surface area contributed by atoms with E-state index in [1.165, 1.54) is 10.4 Å². The molecule has 0 spiro atoms. The average Bonchev–Trinajstić information content (AvgIpc) is 3.25. The second-order valence-corrected chi connectivity index (χ2v) is 6.88. The van der Waals surface area contributed by atoms with Crippen molar-refractivity contribution in [2.24, 2.45) is 0 Å². The van der Waals surface area contributed by atoms with Gasteiger partial charge in [0.2, 0.25) is 0 Å². The molecule has 5 heteroatoms. The zero-order chi connectivity index (χ0) is 16.8. The Labute approximate surface area is 147 Å². The van der Waals surface area contributed by atoms with Crippen molar-refractivity contribution in [3.8, 4) is 16.3 Å². The van der Waals surface area contributed by atoms with E-state index in [0.717, 1.165) is 37.3 Å². The van der Waals surface area contributed by atoms with Crippen LogP contribution in [0.4, 0.5) is 0 Å². The van der Waals surface area contributed by atoms with Crippen molar-refractivity contribution in [1.82, 2.24) is 14.7 Å². The average molecular weight is 341 g/mol. The molecule has 3 aromatic rings. The van der Waals surface area contributed by atoms with Crippen LogP contribution in [0.5, 0.6) is 0 Å². The van der Waals surface area contributed by atoms with Crippen LogP contribution >= 0.6 is 11.3 Å². The summed E-state index contributed by atoms with van der Waals surface area (Å²) < 4.78 is 1.96. The summed E-state index contributed by atoms with van der Waals surface area (Å²) in [6.07, 6.45) is 3.99. The summed E-state index contributed by atoms with van der Waals surface area (Å²) in [5.41, 5.74) is 3.36. The third kappa shape index (κ3) is 4.12. The zero-order valence-corrected chi connectivity index (χ0v) is 14.7. The van der Waals surface area contributed by atoms with E-state index in [1.807, 2.05) is 22.9 Å². The standard InChI is InChI=1S/C19H23N3OS/c1-21(11-5-6-12-23)14-16-15-22(17-8-3-2-4-9-17)20-19(16)18-10-7-13-24-18/h2-4,7-10,13,15,23H,5-6,11-12,14H2,1H3. The van der Waals surface area contributed by atoms with Gasteiger partial charge in [0.25, 0.3) is 0 Å². The molecule has 2 heterocycles. The third-order valence-corrected chi connectivity index (χ3v) is 4.83. The highest BCUT2D eigenvalue weighted by atomic mass is 32.1. The van der Waals surface area contributed by atoms with Gasteiger partial charge < -0.3 is 10.0 Å². The Morgan fingerprint density at radius 3 is 2.67 bits per heavy atom. The minimum absolute atomic E-state index is 0.264. The summed E-state index contributed by atoms with van der Waals surface area (Å²) in [6.45, 7) is 2.09. The number of aromatic nitrogens is 2. The van der Waals surface area contributed by atoms with E-state index in [9.17, 15) is 0 Å².